The van der Waals surface area contributed by atoms with Gasteiger partial charge in [0.1, 0.15) is 0 Å². The summed E-state index contributed by atoms with van der Waals surface area (Å²) in [4.78, 5) is 26.0. The van der Waals surface area contributed by atoms with Gasteiger partial charge < -0.3 is 5.32 Å². The number of carbonyl (C=O) groups excluding carboxylic acids is 2. The molecule has 116 valence electrons. The molecule has 0 aliphatic heterocycles. The van der Waals surface area contributed by atoms with Gasteiger partial charge >= 0.3 is 0 Å². The number of thioether (sulfide) groups is 1. The third kappa shape index (κ3) is 4.71. The van der Waals surface area contributed by atoms with Gasteiger partial charge in [-0.3, -0.25) is 9.59 Å². The molecule has 0 bridgehead atoms. The van der Waals surface area contributed by atoms with Crippen molar-refractivity contribution in [3.8, 4) is 0 Å². The molecule has 0 aliphatic rings. The third-order valence-electron chi connectivity index (χ3n) is 3.14. The van der Waals surface area contributed by atoms with Crippen molar-refractivity contribution in [3.63, 3.8) is 0 Å². The molecular formula is C17H19NO2S2. The lowest BCUT2D eigenvalue weighted by Gasteiger charge is -2.05. The van der Waals surface area contributed by atoms with Crippen molar-refractivity contribution >= 4 is 34.8 Å². The number of thiophene rings is 1. The van der Waals surface area contributed by atoms with Crippen LogP contribution in [0.2, 0.25) is 0 Å². The fourth-order valence-corrected chi connectivity index (χ4v) is 3.88. The summed E-state index contributed by atoms with van der Waals surface area (Å²) in [6.07, 6.45) is 0. The van der Waals surface area contributed by atoms with E-state index < -0.39 is 0 Å². The van der Waals surface area contributed by atoms with E-state index >= 15 is 0 Å². The molecule has 0 fully saturated rings. The molecule has 0 saturated carbocycles. The Hall–Kier alpha value is -1.59. The lowest BCUT2D eigenvalue weighted by atomic mass is 10.2. The molecule has 1 aromatic carbocycles. The average molecular weight is 333 g/mol. The Morgan fingerprint density at radius 3 is 2.64 bits per heavy atom. The van der Waals surface area contributed by atoms with Crippen LogP contribution in [0.4, 0.5) is 0 Å². The number of benzene rings is 1. The summed E-state index contributed by atoms with van der Waals surface area (Å²) >= 11 is 3.02. The zero-order chi connectivity index (χ0) is 16.1. The van der Waals surface area contributed by atoms with Crippen LogP contribution < -0.4 is 5.32 Å². The fourth-order valence-electron chi connectivity index (χ4n) is 2.01. The van der Waals surface area contributed by atoms with Crippen LogP contribution in [0.5, 0.6) is 0 Å². The summed E-state index contributed by atoms with van der Waals surface area (Å²) in [5.74, 6) is 0.500. The van der Waals surface area contributed by atoms with E-state index in [1.54, 1.807) is 11.8 Å². The molecule has 1 amide bonds. The summed E-state index contributed by atoms with van der Waals surface area (Å²) < 4.78 is 0. The van der Waals surface area contributed by atoms with Gasteiger partial charge in [0.25, 0.3) is 0 Å². The Labute approximate surface area is 139 Å². The minimum atomic E-state index is -0.0633. The molecule has 1 heterocycles. The topological polar surface area (TPSA) is 46.2 Å². The van der Waals surface area contributed by atoms with Crippen LogP contribution in [0.25, 0.3) is 0 Å². The van der Waals surface area contributed by atoms with Gasteiger partial charge in [0.2, 0.25) is 5.91 Å². The first-order valence-corrected chi connectivity index (χ1v) is 8.82. The van der Waals surface area contributed by atoms with E-state index in [1.165, 1.54) is 29.4 Å². The maximum absolute atomic E-state index is 12.2. The van der Waals surface area contributed by atoms with Crippen LogP contribution in [0.3, 0.4) is 0 Å². The van der Waals surface area contributed by atoms with E-state index in [-0.39, 0.29) is 11.7 Å². The van der Waals surface area contributed by atoms with Crippen LogP contribution in [0.15, 0.2) is 35.2 Å². The highest BCUT2D eigenvalue weighted by molar-refractivity contribution is 8.00. The van der Waals surface area contributed by atoms with Crippen LogP contribution in [-0.4, -0.2) is 17.4 Å². The smallest absolute Gasteiger partial charge is 0.217 e. The van der Waals surface area contributed by atoms with E-state index in [4.69, 9.17) is 0 Å². The minimum Gasteiger partial charge on any atom is -0.351 e. The summed E-state index contributed by atoms with van der Waals surface area (Å²) in [6, 6.07) is 10.0. The predicted octanol–water partition coefficient (Wildman–Crippen LogP) is 3.98. The second kappa shape index (κ2) is 7.61. The number of nitrogens with one attached hydrogen (secondary N) is 1. The van der Waals surface area contributed by atoms with Gasteiger partial charge in [0.05, 0.1) is 17.2 Å². The van der Waals surface area contributed by atoms with Gasteiger partial charge in [0.15, 0.2) is 5.78 Å². The minimum absolute atomic E-state index is 0.0633. The molecular weight excluding hydrogens is 314 g/mol. The average Bonchev–Trinajstić information content (AvgIpc) is 2.93. The Kier molecular flexibility index (Phi) is 5.80. The maximum atomic E-state index is 12.2. The Balaban J connectivity index is 1.93. The summed E-state index contributed by atoms with van der Waals surface area (Å²) in [7, 11) is 0. The highest BCUT2D eigenvalue weighted by atomic mass is 32.2. The highest BCUT2D eigenvalue weighted by Gasteiger charge is 2.11. The quantitative estimate of drug-likeness (QED) is 0.642. The number of carbonyl (C=O) groups is 2. The molecule has 1 N–H and O–H groups in total. The summed E-state index contributed by atoms with van der Waals surface area (Å²) in [6.45, 7) is 6.10. The van der Waals surface area contributed by atoms with E-state index in [1.807, 2.05) is 12.1 Å². The number of hydrogen-bond donors (Lipinski definition) is 1. The first-order valence-electron chi connectivity index (χ1n) is 7.02. The molecule has 3 nitrogen and oxygen atoms in total. The SMILES string of the molecule is CC(=O)NCc1ccc(C(=O)CSc2ccc(C)cc2C)s1. The van der Waals surface area contributed by atoms with Crippen LogP contribution in [0.1, 0.15) is 32.6 Å². The van der Waals surface area contributed by atoms with Crippen molar-refractivity contribution in [2.24, 2.45) is 0 Å². The molecule has 22 heavy (non-hydrogen) atoms. The number of rotatable bonds is 6. The van der Waals surface area contributed by atoms with Gasteiger partial charge in [-0.1, -0.05) is 17.7 Å². The molecule has 0 spiro atoms. The molecule has 1 aromatic heterocycles. The van der Waals surface area contributed by atoms with E-state index in [9.17, 15) is 9.59 Å². The molecule has 0 saturated heterocycles. The third-order valence-corrected chi connectivity index (χ3v) is 5.44. The fraction of sp³-hybridized carbons (Fsp3) is 0.294. The number of ketones is 1. The zero-order valence-corrected chi connectivity index (χ0v) is 14.6. The largest absolute Gasteiger partial charge is 0.351 e. The van der Waals surface area contributed by atoms with Gasteiger partial charge in [-0.25, -0.2) is 0 Å². The Bertz CT molecular complexity index is 692. The molecule has 2 rings (SSSR count). The van der Waals surface area contributed by atoms with Crippen molar-refractivity contribution in [2.45, 2.75) is 32.2 Å². The molecule has 0 atom stereocenters. The maximum Gasteiger partial charge on any atom is 0.217 e. The van der Waals surface area contributed by atoms with E-state index in [0.717, 1.165) is 14.6 Å². The van der Waals surface area contributed by atoms with Crippen molar-refractivity contribution in [1.82, 2.24) is 5.32 Å². The molecule has 5 heteroatoms. The molecule has 0 aliphatic carbocycles. The zero-order valence-electron chi connectivity index (χ0n) is 12.9. The second-order valence-electron chi connectivity index (χ2n) is 5.16. The summed E-state index contributed by atoms with van der Waals surface area (Å²) in [5.41, 5.74) is 2.43. The van der Waals surface area contributed by atoms with Gasteiger partial charge in [-0.05, 0) is 37.6 Å². The lowest BCUT2D eigenvalue weighted by molar-refractivity contribution is -0.119. The first-order chi connectivity index (χ1) is 10.5. The van der Waals surface area contributed by atoms with Crippen LogP contribution in [0, 0.1) is 13.8 Å². The van der Waals surface area contributed by atoms with Crippen LogP contribution in [-0.2, 0) is 11.3 Å². The number of hydrogen-bond acceptors (Lipinski definition) is 4. The number of Topliss-reactive ketones (excluding diaryl/α,β-unsaturated/α-hetero) is 1. The Morgan fingerprint density at radius 1 is 1.18 bits per heavy atom. The van der Waals surface area contributed by atoms with E-state index in [0.29, 0.717) is 12.3 Å². The van der Waals surface area contributed by atoms with Gasteiger partial charge in [-0.15, -0.1) is 23.1 Å². The van der Waals surface area contributed by atoms with Crippen molar-refractivity contribution < 1.29 is 9.59 Å². The normalized spacial score (nSPS) is 10.5. The van der Waals surface area contributed by atoms with E-state index in [2.05, 4.69) is 37.4 Å². The van der Waals surface area contributed by atoms with Gasteiger partial charge in [-0.2, -0.15) is 0 Å². The lowest BCUT2D eigenvalue weighted by Crippen LogP contribution is -2.18. The van der Waals surface area contributed by atoms with Crippen molar-refractivity contribution in [3.05, 3.63) is 51.2 Å². The monoisotopic (exact) mass is 333 g/mol. The summed E-state index contributed by atoms with van der Waals surface area (Å²) in [5, 5.41) is 2.74. The van der Waals surface area contributed by atoms with Crippen molar-refractivity contribution in [2.75, 3.05) is 5.75 Å². The second-order valence-corrected chi connectivity index (χ2v) is 7.34. The number of amides is 1. The molecule has 0 radical (unpaired) electrons. The van der Waals surface area contributed by atoms with Gasteiger partial charge in [0, 0.05) is 16.7 Å². The van der Waals surface area contributed by atoms with Crippen molar-refractivity contribution in [1.29, 1.82) is 0 Å². The first kappa shape index (κ1) is 16.8. The molecule has 0 unspecified atom stereocenters. The highest BCUT2D eigenvalue weighted by Crippen LogP contribution is 2.25. The predicted molar refractivity (Wildman–Crippen MR) is 92.8 cm³/mol. The van der Waals surface area contributed by atoms with Crippen LogP contribution >= 0.6 is 23.1 Å². The number of aryl methyl sites for hydroxylation is 2. The standard InChI is InChI=1S/C17H19NO2S2/c1-11-4-6-16(12(2)8-11)21-10-15(20)17-7-5-14(22-17)9-18-13(3)19/h4-8H,9-10H2,1-3H3,(H,18,19). The Morgan fingerprint density at radius 2 is 1.95 bits per heavy atom. The molecule has 2 aromatic rings.